The maximum Gasteiger partial charge on any atom is 0.230 e. The number of hydrogen-bond donors (Lipinski definition) is 0. The second-order valence-electron chi connectivity index (χ2n) is 4.06. The van der Waals surface area contributed by atoms with E-state index in [0.29, 0.717) is 15.8 Å². The first-order valence-electron chi connectivity index (χ1n) is 5.39. The lowest BCUT2D eigenvalue weighted by molar-refractivity contribution is -0.607. The Hall–Kier alpha value is -2.43. The summed E-state index contributed by atoms with van der Waals surface area (Å²) in [4.78, 5) is 4.22. The first-order valence-corrected chi connectivity index (χ1v) is 5.39. The number of rotatable bonds is 1. The summed E-state index contributed by atoms with van der Waals surface area (Å²) >= 11 is 0. The standard InChI is InChI=1S/C13H9FN2O2/c1-8-2-3-12-11(6-8)15-13(18-12)9-4-5-16(17)7-10(9)14/h2-7H,1H3. The molecule has 0 amide bonds. The monoisotopic (exact) mass is 244 g/mol. The Kier molecular flexibility index (Phi) is 2.26. The third-order valence-electron chi connectivity index (χ3n) is 2.66. The summed E-state index contributed by atoms with van der Waals surface area (Å²) in [5, 5.41) is 10.9. The molecule has 2 aromatic heterocycles. The third-order valence-corrected chi connectivity index (χ3v) is 2.66. The topological polar surface area (TPSA) is 53.0 Å². The highest BCUT2D eigenvalue weighted by atomic mass is 19.1. The SMILES string of the molecule is Cc1ccc2oc(-c3cc[n+]([O-])cc3F)nc2c1. The van der Waals surface area contributed by atoms with Crippen molar-refractivity contribution in [3.63, 3.8) is 0 Å². The molecule has 0 aliphatic carbocycles. The summed E-state index contributed by atoms with van der Waals surface area (Å²) in [5.74, 6) is -0.482. The molecule has 18 heavy (non-hydrogen) atoms. The van der Waals surface area contributed by atoms with Crippen LogP contribution in [0.5, 0.6) is 0 Å². The fraction of sp³-hybridized carbons (Fsp3) is 0.0769. The molecule has 0 unspecified atom stereocenters. The van der Waals surface area contributed by atoms with Gasteiger partial charge in [-0.05, 0) is 24.6 Å². The van der Waals surface area contributed by atoms with Gasteiger partial charge in [0, 0.05) is 6.07 Å². The molecule has 0 fully saturated rings. The van der Waals surface area contributed by atoms with Gasteiger partial charge < -0.3 is 9.62 Å². The van der Waals surface area contributed by atoms with Crippen LogP contribution in [0.3, 0.4) is 0 Å². The Morgan fingerprint density at radius 3 is 2.94 bits per heavy atom. The molecular formula is C13H9FN2O2. The summed E-state index contributed by atoms with van der Waals surface area (Å²) in [7, 11) is 0. The minimum Gasteiger partial charge on any atom is -0.619 e. The molecule has 0 radical (unpaired) electrons. The van der Waals surface area contributed by atoms with Crippen LogP contribution >= 0.6 is 0 Å². The fourth-order valence-corrected chi connectivity index (χ4v) is 1.78. The van der Waals surface area contributed by atoms with Gasteiger partial charge in [-0.15, -0.1) is 0 Å². The van der Waals surface area contributed by atoms with Crippen LogP contribution in [0.15, 0.2) is 41.1 Å². The summed E-state index contributed by atoms with van der Waals surface area (Å²) in [5.41, 5.74) is 2.49. The van der Waals surface area contributed by atoms with Crippen LogP contribution in [0.2, 0.25) is 0 Å². The molecule has 0 aliphatic rings. The maximum atomic E-state index is 13.6. The molecule has 3 aromatic rings. The van der Waals surface area contributed by atoms with Crippen LogP contribution in [0.1, 0.15) is 5.56 Å². The Bertz CT molecular complexity index is 737. The Morgan fingerprint density at radius 2 is 2.17 bits per heavy atom. The molecule has 0 spiro atoms. The van der Waals surface area contributed by atoms with Gasteiger partial charge in [0.1, 0.15) is 5.52 Å². The van der Waals surface area contributed by atoms with Crippen molar-refractivity contribution in [3.05, 3.63) is 53.2 Å². The molecule has 90 valence electrons. The van der Waals surface area contributed by atoms with E-state index in [-0.39, 0.29) is 11.5 Å². The van der Waals surface area contributed by atoms with Gasteiger partial charge in [0.05, 0.1) is 5.56 Å². The minimum absolute atomic E-state index is 0.175. The van der Waals surface area contributed by atoms with Crippen LogP contribution in [0.4, 0.5) is 4.39 Å². The lowest BCUT2D eigenvalue weighted by Gasteiger charge is -1.98. The largest absolute Gasteiger partial charge is 0.619 e. The van der Waals surface area contributed by atoms with Gasteiger partial charge in [0.15, 0.2) is 11.8 Å². The first-order chi connectivity index (χ1) is 8.63. The summed E-state index contributed by atoms with van der Waals surface area (Å²) in [6.07, 6.45) is 2.05. The van der Waals surface area contributed by atoms with E-state index in [1.165, 1.54) is 12.3 Å². The zero-order chi connectivity index (χ0) is 12.7. The van der Waals surface area contributed by atoms with E-state index in [4.69, 9.17) is 4.42 Å². The van der Waals surface area contributed by atoms with Crippen LogP contribution in [-0.4, -0.2) is 4.98 Å². The van der Waals surface area contributed by atoms with E-state index in [2.05, 4.69) is 4.98 Å². The lowest BCUT2D eigenvalue weighted by atomic mass is 10.2. The normalized spacial score (nSPS) is 11.0. The van der Waals surface area contributed by atoms with Crippen molar-refractivity contribution in [3.8, 4) is 11.5 Å². The van der Waals surface area contributed by atoms with Crippen molar-refractivity contribution >= 4 is 11.1 Å². The van der Waals surface area contributed by atoms with Gasteiger partial charge in [-0.2, -0.15) is 9.12 Å². The Labute approximate surface area is 102 Å². The lowest BCUT2D eigenvalue weighted by Crippen LogP contribution is -2.25. The van der Waals surface area contributed by atoms with Crippen molar-refractivity contribution < 1.29 is 13.5 Å². The van der Waals surface area contributed by atoms with Crippen molar-refractivity contribution in [2.24, 2.45) is 0 Å². The second-order valence-corrected chi connectivity index (χ2v) is 4.06. The molecule has 0 saturated carbocycles. The van der Waals surface area contributed by atoms with Crippen LogP contribution < -0.4 is 4.73 Å². The number of fused-ring (bicyclic) bond motifs is 1. The molecule has 2 heterocycles. The van der Waals surface area contributed by atoms with E-state index in [9.17, 15) is 9.60 Å². The predicted molar refractivity (Wildman–Crippen MR) is 63.1 cm³/mol. The number of benzene rings is 1. The number of halogens is 1. The quantitative estimate of drug-likeness (QED) is 0.488. The highest BCUT2D eigenvalue weighted by Crippen LogP contribution is 2.25. The highest BCUT2D eigenvalue weighted by molar-refractivity contribution is 5.76. The zero-order valence-corrected chi connectivity index (χ0v) is 9.55. The molecule has 0 aliphatic heterocycles. The summed E-state index contributed by atoms with van der Waals surface area (Å²) in [6.45, 7) is 1.94. The summed E-state index contributed by atoms with van der Waals surface area (Å²) in [6, 6.07) is 6.89. The highest BCUT2D eigenvalue weighted by Gasteiger charge is 2.14. The summed E-state index contributed by atoms with van der Waals surface area (Å²) < 4.78 is 19.5. The van der Waals surface area contributed by atoms with Gasteiger partial charge in [-0.25, -0.2) is 4.98 Å². The number of oxazole rings is 1. The molecule has 0 saturated heterocycles. The average molecular weight is 244 g/mol. The van der Waals surface area contributed by atoms with Crippen molar-refractivity contribution in [1.29, 1.82) is 0 Å². The van der Waals surface area contributed by atoms with E-state index < -0.39 is 5.82 Å². The van der Waals surface area contributed by atoms with Gasteiger partial charge >= 0.3 is 0 Å². The number of hydrogen-bond acceptors (Lipinski definition) is 3. The molecule has 5 heteroatoms. The van der Waals surface area contributed by atoms with Crippen LogP contribution in [-0.2, 0) is 0 Å². The smallest absolute Gasteiger partial charge is 0.230 e. The molecule has 4 nitrogen and oxygen atoms in total. The molecular weight excluding hydrogens is 235 g/mol. The van der Waals surface area contributed by atoms with Crippen molar-refractivity contribution in [2.45, 2.75) is 6.92 Å². The van der Waals surface area contributed by atoms with E-state index in [0.717, 1.165) is 11.8 Å². The fourth-order valence-electron chi connectivity index (χ4n) is 1.78. The van der Waals surface area contributed by atoms with E-state index in [1.807, 2.05) is 19.1 Å². The van der Waals surface area contributed by atoms with Crippen LogP contribution in [0.25, 0.3) is 22.6 Å². The number of aryl methyl sites for hydroxylation is 1. The van der Waals surface area contributed by atoms with Gasteiger partial charge in [0.2, 0.25) is 17.9 Å². The molecule has 0 atom stereocenters. The first kappa shape index (κ1) is 10.7. The van der Waals surface area contributed by atoms with Gasteiger partial charge in [0.25, 0.3) is 0 Å². The zero-order valence-electron chi connectivity index (χ0n) is 9.55. The molecule has 0 bridgehead atoms. The number of nitrogens with zero attached hydrogens (tertiary/aromatic N) is 2. The Morgan fingerprint density at radius 1 is 1.33 bits per heavy atom. The Balaban J connectivity index is 2.19. The predicted octanol–water partition coefficient (Wildman–Crippen LogP) is 2.58. The third kappa shape index (κ3) is 1.69. The molecule has 0 N–H and O–H groups in total. The number of aromatic nitrogens is 2. The second kappa shape index (κ2) is 3.80. The molecule has 3 rings (SSSR count). The van der Waals surface area contributed by atoms with Gasteiger partial charge in [-0.1, -0.05) is 6.07 Å². The van der Waals surface area contributed by atoms with Crippen molar-refractivity contribution in [1.82, 2.24) is 4.98 Å². The van der Waals surface area contributed by atoms with Crippen LogP contribution in [0, 0.1) is 17.9 Å². The van der Waals surface area contributed by atoms with Gasteiger partial charge in [-0.3, -0.25) is 0 Å². The molecule has 1 aromatic carbocycles. The minimum atomic E-state index is -0.657. The number of pyridine rings is 1. The van der Waals surface area contributed by atoms with E-state index in [1.54, 1.807) is 6.07 Å². The van der Waals surface area contributed by atoms with Crippen molar-refractivity contribution in [2.75, 3.05) is 0 Å². The average Bonchev–Trinajstić information content (AvgIpc) is 2.71. The maximum absolute atomic E-state index is 13.6. The van der Waals surface area contributed by atoms with E-state index >= 15 is 0 Å².